The van der Waals surface area contributed by atoms with Crippen LogP contribution in [0.25, 0.3) is 11.1 Å². The number of thioether (sulfide) groups is 1. The van der Waals surface area contributed by atoms with Crippen LogP contribution in [0.5, 0.6) is 0 Å². The first-order chi connectivity index (χ1) is 21.4. The van der Waals surface area contributed by atoms with Crippen LogP contribution >= 0.6 is 23.1 Å². The number of nitrogens with two attached hydrogens (primary N) is 2. The summed E-state index contributed by atoms with van der Waals surface area (Å²) in [6, 6.07) is 10.8. The lowest BCUT2D eigenvalue weighted by Gasteiger charge is -2.18. The summed E-state index contributed by atoms with van der Waals surface area (Å²) in [6.45, 7) is 1.48. The number of nitrogens with one attached hydrogen (secondary N) is 3. The van der Waals surface area contributed by atoms with Gasteiger partial charge in [-0.2, -0.15) is 26.3 Å². The third kappa shape index (κ3) is 10.6. The van der Waals surface area contributed by atoms with E-state index in [-0.39, 0.29) is 43.0 Å². The monoisotopic (exact) mass is 732 g/mol. The van der Waals surface area contributed by atoms with E-state index >= 15 is 0 Å². The van der Waals surface area contributed by atoms with Gasteiger partial charge < -0.3 is 27.0 Å². The van der Waals surface area contributed by atoms with Gasteiger partial charge in [0.2, 0.25) is 9.84 Å². The van der Waals surface area contributed by atoms with Crippen molar-refractivity contribution in [1.29, 1.82) is 10.8 Å². The number of carboxylic acids is 2. The molecule has 0 atom stereocenters. The van der Waals surface area contributed by atoms with Gasteiger partial charge in [0.25, 0.3) is 5.69 Å². The Morgan fingerprint density at radius 2 is 1.47 bits per heavy atom. The number of carboxylic acid groups (broad SMARTS) is 2. The number of rotatable bonds is 7. The lowest BCUT2D eigenvalue weighted by molar-refractivity contribution is -0.384. The van der Waals surface area contributed by atoms with Crippen molar-refractivity contribution in [2.75, 3.05) is 11.6 Å². The van der Waals surface area contributed by atoms with E-state index in [1.165, 1.54) is 24.8 Å². The summed E-state index contributed by atoms with van der Waals surface area (Å²) in [6.07, 6.45) is -8.47. The molecule has 0 aliphatic rings. The topological polar surface area (TPSA) is 264 Å². The molecular weight excluding hydrogens is 710 g/mol. The highest BCUT2D eigenvalue weighted by Gasteiger charge is 2.39. The summed E-state index contributed by atoms with van der Waals surface area (Å²) in [5.41, 5.74) is 11.2. The Labute approximate surface area is 268 Å². The first kappa shape index (κ1) is 40.1. The Kier molecular flexibility index (Phi) is 13.3. The van der Waals surface area contributed by atoms with Crippen molar-refractivity contribution in [3.63, 3.8) is 0 Å². The smallest absolute Gasteiger partial charge is 0.475 e. The highest BCUT2D eigenvalue weighted by molar-refractivity contribution is 8.01. The highest BCUT2D eigenvalue weighted by Crippen LogP contribution is 2.45. The summed E-state index contributed by atoms with van der Waals surface area (Å²) in [4.78, 5) is 29.0. The normalized spacial score (nSPS) is 11.2. The molecule has 0 saturated carbocycles. The number of benzene rings is 2. The van der Waals surface area contributed by atoms with Crippen LogP contribution in [0.1, 0.15) is 10.4 Å². The fraction of sp³-hybridized carbons (Fsp3) is 0.167. The maximum Gasteiger partial charge on any atom is 0.490 e. The van der Waals surface area contributed by atoms with Gasteiger partial charge in [0.1, 0.15) is 5.84 Å². The van der Waals surface area contributed by atoms with E-state index < -0.39 is 45.0 Å². The van der Waals surface area contributed by atoms with Crippen molar-refractivity contribution in [2.24, 2.45) is 11.5 Å². The van der Waals surface area contributed by atoms with Gasteiger partial charge in [-0.3, -0.25) is 20.9 Å². The minimum absolute atomic E-state index is 0.0761. The number of carbonyl (C=O) groups is 2. The van der Waals surface area contributed by atoms with Crippen molar-refractivity contribution >= 4 is 68.0 Å². The molecule has 3 rings (SSSR count). The molecule has 0 unspecified atom stereocenters. The molecule has 0 aliphatic heterocycles. The van der Waals surface area contributed by atoms with Gasteiger partial charge in [-0.15, -0.1) is 23.1 Å². The molecule has 0 amide bonds. The summed E-state index contributed by atoms with van der Waals surface area (Å²) < 4.78 is 91.7. The molecule has 0 fully saturated rings. The lowest BCUT2D eigenvalue weighted by Crippen LogP contribution is -2.23. The predicted octanol–water partition coefficient (Wildman–Crippen LogP) is 5.04. The number of nitrogens with zero attached hydrogens (tertiary/aromatic N) is 1. The van der Waals surface area contributed by atoms with E-state index in [9.17, 15) is 44.9 Å². The van der Waals surface area contributed by atoms with Gasteiger partial charge in [0.15, 0.2) is 5.96 Å². The second-order valence-electron chi connectivity index (χ2n) is 8.42. The van der Waals surface area contributed by atoms with E-state index in [2.05, 4.69) is 5.32 Å². The SMILES string of the molecule is CSc1sc(C(=N)N)cc1S(=O)(=O)c1c(NC(=N)N)cc([N+](=O)[O-])c(-c2ccccc2)c1C.O=C(O)C(F)(F)F.O=C(O)C(F)(F)F. The Bertz CT molecular complexity index is 1770. The van der Waals surface area contributed by atoms with Gasteiger partial charge >= 0.3 is 24.3 Å². The Hall–Kier alpha value is -4.90. The molecule has 9 N–H and O–H groups in total. The second kappa shape index (κ2) is 15.6. The second-order valence-corrected chi connectivity index (χ2v) is 12.4. The minimum atomic E-state index is -5.08. The van der Waals surface area contributed by atoms with Crippen LogP contribution in [0.2, 0.25) is 0 Å². The molecule has 0 saturated heterocycles. The van der Waals surface area contributed by atoms with E-state index in [1.54, 1.807) is 36.6 Å². The minimum Gasteiger partial charge on any atom is -0.475 e. The van der Waals surface area contributed by atoms with Gasteiger partial charge in [-0.05, 0) is 30.4 Å². The standard InChI is InChI=1S/C20H20N6O4S3.2C2HF3O2/c1-10-16(11-6-4-3-5-7-11)13(26(27)28)8-12(25-20(23)24)17(10)33(29,30)15-9-14(18(21)22)32-19(15)31-2;2*3-2(4,5)1(6)7/h3-9H,1-2H3,(H3,21,22)(H4,23,24,25);2*(H,6,7). The van der Waals surface area contributed by atoms with E-state index in [0.717, 1.165) is 17.4 Å². The fourth-order valence-electron chi connectivity index (χ4n) is 3.41. The molecule has 256 valence electrons. The van der Waals surface area contributed by atoms with E-state index in [4.69, 9.17) is 42.1 Å². The number of hydrogen-bond donors (Lipinski definition) is 7. The summed E-state index contributed by atoms with van der Waals surface area (Å²) in [5, 5.41) is 43.9. The van der Waals surface area contributed by atoms with Crippen LogP contribution in [0.15, 0.2) is 56.5 Å². The van der Waals surface area contributed by atoms with Crippen LogP contribution < -0.4 is 16.8 Å². The van der Waals surface area contributed by atoms with Gasteiger partial charge in [0.05, 0.1) is 35.1 Å². The maximum absolute atomic E-state index is 13.9. The zero-order valence-corrected chi connectivity index (χ0v) is 25.9. The van der Waals surface area contributed by atoms with Crippen LogP contribution in [0, 0.1) is 27.9 Å². The molecule has 23 heteroatoms. The fourth-order valence-corrected chi connectivity index (χ4v) is 7.64. The molecule has 3 aromatic rings. The van der Waals surface area contributed by atoms with Gasteiger partial charge in [0, 0.05) is 6.07 Å². The Morgan fingerprint density at radius 3 is 1.83 bits per heavy atom. The highest BCUT2D eigenvalue weighted by atomic mass is 32.2. The van der Waals surface area contributed by atoms with Gasteiger partial charge in [-0.1, -0.05) is 30.3 Å². The Balaban J connectivity index is 0.000000658. The molecule has 2 aromatic carbocycles. The van der Waals surface area contributed by atoms with Crippen molar-refractivity contribution in [2.45, 2.75) is 33.3 Å². The maximum atomic E-state index is 13.9. The summed E-state index contributed by atoms with van der Waals surface area (Å²) in [5.74, 6) is -6.36. The molecule has 0 radical (unpaired) electrons. The number of alkyl halides is 6. The number of amidine groups is 1. The number of nitrogen functional groups attached to an aromatic ring is 1. The number of thiophene rings is 1. The number of halogens is 6. The summed E-state index contributed by atoms with van der Waals surface area (Å²) in [7, 11) is -4.27. The zero-order valence-electron chi connectivity index (χ0n) is 23.5. The van der Waals surface area contributed by atoms with Crippen molar-refractivity contribution < 1.29 is 59.5 Å². The Morgan fingerprint density at radius 1 is 1.00 bits per heavy atom. The number of sulfone groups is 1. The van der Waals surface area contributed by atoms with Crippen LogP contribution in [0.4, 0.5) is 37.7 Å². The average molecular weight is 733 g/mol. The lowest BCUT2D eigenvalue weighted by atomic mass is 9.97. The quantitative estimate of drug-likeness (QED) is 0.0421. The predicted molar refractivity (Wildman–Crippen MR) is 159 cm³/mol. The van der Waals surface area contributed by atoms with E-state index in [1.807, 2.05) is 0 Å². The molecule has 14 nitrogen and oxygen atoms in total. The molecule has 0 aliphatic carbocycles. The van der Waals surface area contributed by atoms with Crippen molar-refractivity contribution in [3.05, 3.63) is 63.0 Å². The van der Waals surface area contributed by atoms with E-state index in [0.29, 0.717) is 9.77 Å². The number of nitro benzene ring substituents is 1. The average Bonchev–Trinajstić information content (AvgIpc) is 3.38. The molecule has 47 heavy (non-hydrogen) atoms. The molecule has 0 bridgehead atoms. The van der Waals surface area contributed by atoms with Crippen LogP contribution in [0.3, 0.4) is 0 Å². The van der Waals surface area contributed by atoms with Gasteiger partial charge in [-0.25, -0.2) is 18.0 Å². The third-order valence-electron chi connectivity index (χ3n) is 5.19. The number of anilines is 1. The molecular formula is C24H22F6N6O8S3. The van der Waals surface area contributed by atoms with Crippen LogP contribution in [-0.2, 0) is 19.4 Å². The van der Waals surface area contributed by atoms with Crippen molar-refractivity contribution in [1.82, 2.24) is 0 Å². The summed E-state index contributed by atoms with van der Waals surface area (Å²) >= 11 is 2.24. The van der Waals surface area contributed by atoms with Crippen LogP contribution in [-0.4, -0.2) is 65.9 Å². The molecule has 0 spiro atoms. The third-order valence-corrected chi connectivity index (χ3v) is 9.71. The molecule has 1 aromatic heterocycles. The number of hydrogen-bond acceptors (Lipinski definition) is 10. The number of aliphatic carboxylic acids is 2. The molecule has 1 heterocycles. The first-order valence-corrected chi connectivity index (χ1v) is 15.3. The largest absolute Gasteiger partial charge is 0.490 e. The first-order valence-electron chi connectivity index (χ1n) is 11.7. The number of guanidine groups is 1. The zero-order chi connectivity index (χ0) is 36.7. The van der Waals surface area contributed by atoms with Crippen molar-refractivity contribution in [3.8, 4) is 11.1 Å². The number of nitro groups is 1.